The summed E-state index contributed by atoms with van der Waals surface area (Å²) in [5, 5.41) is 3.23. The molecule has 1 fully saturated rings. The maximum atomic E-state index is 12.9. The predicted octanol–water partition coefficient (Wildman–Crippen LogP) is 4.03. The number of halogens is 1. The first-order valence-corrected chi connectivity index (χ1v) is 12.2. The van der Waals surface area contributed by atoms with E-state index in [-0.39, 0.29) is 5.91 Å². The van der Waals surface area contributed by atoms with Crippen LogP contribution in [0.4, 0.5) is 11.6 Å². The molecule has 0 bridgehead atoms. The molecule has 1 saturated heterocycles. The fourth-order valence-corrected chi connectivity index (χ4v) is 4.89. The number of piperazine rings is 1. The summed E-state index contributed by atoms with van der Waals surface area (Å²) in [5.41, 5.74) is 2.42. The largest absolute Gasteiger partial charge is 0.336 e. The minimum Gasteiger partial charge on any atom is -0.336 e. The van der Waals surface area contributed by atoms with Gasteiger partial charge in [0.15, 0.2) is 0 Å². The lowest BCUT2D eigenvalue weighted by atomic mass is 10.1. The van der Waals surface area contributed by atoms with Crippen molar-refractivity contribution in [1.29, 1.82) is 0 Å². The molecule has 1 aliphatic heterocycles. The molecule has 0 atom stereocenters. The molecule has 1 aromatic carbocycles. The quantitative estimate of drug-likeness (QED) is 0.513. The Morgan fingerprint density at radius 2 is 1.84 bits per heavy atom. The summed E-state index contributed by atoms with van der Waals surface area (Å²) >= 11 is 5.12. The lowest BCUT2D eigenvalue weighted by Gasteiger charge is -2.35. The first kappa shape index (κ1) is 22.8. The molecule has 0 radical (unpaired) electrons. The van der Waals surface area contributed by atoms with Crippen LogP contribution in [0.25, 0.3) is 10.6 Å². The number of carbonyl (C=O) groups excluding carboxylic acids is 1. The van der Waals surface area contributed by atoms with Gasteiger partial charge in [-0.1, -0.05) is 0 Å². The zero-order chi connectivity index (χ0) is 22.5. The first-order valence-electron chi connectivity index (χ1n) is 10.6. The zero-order valence-corrected chi connectivity index (χ0v) is 20.7. The van der Waals surface area contributed by atoms with E-state index in [1.165, 1.54) is 0 Å². The second-order valence-electron chi connectivity index (χ2n) is 8.01. The second kappa shape index (κ2) is 10.5. The zero-order valence-electron chi connectivity index (χ0n) is 18.3. The molecule has 0 aliphatic carbocycles. The van der Waals surface area contributed by atoms with Gasteiger partial charge < -0.3 is 15.1 Å². The molecule has 1 N–H and O–H groups in total. The Morgan fingerprint density at radius 1 is 1.09 bits per heavy atom. The molecular formula is C23H27BrN6OS. The topological polar surface area (TPSA) is 64.6 Å². The van der Waals surface area contributed by atoms with Crippen LogP contribution in [0.1, 0.15) is 10.4 Å². The summed E-state index contributed by atoms with van der Waals surface area (Å²) in [6.45, 7) is 5.47. The van der Waals surface area contributed by atoms with Crippen molar-refractivity contribution in [3.05, 3.63) is 58.0 Å². The number of amides is 1. The molecule has 2 aromatic heterocycles. The van der Waals surface area contributed by atoms with Crippen LogP contribution in [0, 0.1) is 0 Å². The van der Waals surface area contributed by atoms with Crippen LogP contribution < -0.4 is 5.32 Å². The van der Waals surface area contributed by atoms with Gasteiger partial charge in [0.1, 0.15) is 0 Å². The fourth-order valence-electron chi connectivity index (χ4n) is 3.53. The number of benzene rings is 1. The van der Waals surface area contributed by atoms with E-state index in [9.17, 15) is 4.79 Å². The highest BCUT2D eigenvalue weighted by atomic mass is 79.9. The van der Waals surface area contributed by atoms with Crippen LogP contribution in [0.2, 0.25) is 0 Å². The van der Waals surface area contributed by atoms with Crippen LogP contribution in [0.15, 0.2) is 52.4 Å². The number of hydrogen-bond donors (Lipinski definition) is 1. The summed E-state index contributed by atoms with van der Waals surface area (Å²) in [5.74, 6) is 0.616. The fraction of sp³-hybridized carbons (Fsp3) is 0.348. The number of nitrogens with zero attached hydrogens (tertiary/aromatic N) is 5. The molecule has 0 saturated carbocycles. The number of aromatic nitrogens is 2. The van der Waals surface area contributed by atoms with E-state index in [1.807, 2.05) is 47.4 Å². The molecular weight excluding hydrogens is 488 g/mol. The van der Waals surface area contributed by atoms with Gasteiger partial charge in [-0.25, -0.2) is 9.97 Å². The van der Waals surface area contributed by atoms with Crippen molar-refractivity contribution in [3.63, 3.8) is 0 Å². The van der Waals surface area contributed by atoms with Crippen LogP contribution in [0.5, 0.6) is 0 Å². The molecule has 9 heteroatoms. The van der Waals surface area contributed by atoms with Gasteiger partial charge in [0, 0.05) is 56.7 Å². The maximum absolute atomic E-state index is 12.9. The van der Waals surface area contributed by atoms with E-state index in [0.29, 0.717) is 11.5 Å². The van der Waals surface area contributed by atoms with Crippen molar-refractivity contribution < 1.29 is 4.79 Å². The van der Waals surface area contributed by atoms with Gasteiger partial charge in [0.05, 0.1) is 14.4 Å². The van der Waals surface area contributed by atoms with Gasteiger partial charge >= 0.3 is 0 Å². The minimum absolute atomic E-state index is 0.0883. The van der Waals surface area contributed by atoms with Crippen LogP contribution in [-0.4, -0.2) is 83.9 Å². The maximum Gasteiger partial charge on any atom is 0.253 e. The normalized spacial score (nSPS) is 14.7. The lowest BCUT2D eigenvalue weighted by Crippen LogP contribution is -2.49. The van der Waals surface area contributed by atoms with E-state index in [2.05, 4.69) is 55.1 Å². The van der Waals surface area contributed by atoms with E-state index in [0.717, 1.165) is 59.3 Å². The molecule has 1 aliphatic rings. The number of carbonyl (C=O) groups is 1. The highest BCUT2D eigenvalue weighted by Gasteiger charge is 2.22. The van der Waals surface area contributed by atoms with Crippen LogP contribution >= 0.6 is 27.3 Å². The van der Waals surface area contributed by atoms with Crippen LogP contribution in [0.3, 0.4) is 0 Å². The average molecular weight is 515 g/mol. The van der Waals surface area contributed by atoms with Crippen molar-refractivity contribution in [2.45, 2.75) is 0 Å². The third-order valence-electron chi connectivity index (χ3n) is 5.39. The van der Waals surface area contributed by atoms with E-state index >= 15 is 0 Å². The molecule has 1 amide bonds. The van der Waals surface area contributed by atoms with Crippen molar-refractivity contribution in [2.24, 2.45) is 0 Å². The van der Waals surface area contributed by atoms with Gasteiger partial charge in [-0.15, -0.1) is 11.3 Å². The third kappa shape index (κ3) is 5.92. The molecule has 0 spiro atoms. The Hall–Kier alpha value is -2.33. The minimum atomic E-state index is 0.0883. The van der Waals surface area contributed by atoms with Crippen molar-refractivity contribution in [3.8, 4) is 10.6 Å². The Kier molecular flexibility index (Phi) is 7.51. The predicted molar refractivity (Wildman–Crippen MR) is 134 cm³/mol. The number of nitrogens with one attached hydrogen (secondary N) is 1. The van der Waals surface area contributed by atoms with Crippen molar-refractivity contribution in [2.75, 3.05) is 58.7 Å². The van der Waals surface area contributed by atoms with Gasteiger partial charge in [0.25, 0.3) is 5.91 Å². The van der Waals surface area contributed by atoms with Gasteiger partial charge in [-0.05, 0) is 72.5 Å². The number of rotatable bonds is 7. The van der Waals surface area contributed by atoms with Gasteiger partial charge in [0.2, 0.25) is 5.95 Å². The molecule has 168 valence electrons. The van der Waals surface area contributed by atoms with Crippen molar-refractivity contribution in [1.82, 2.24) is 24.7 Å². The lowest BCUT2D eigenvalue weighted by molar-refractivity contribution is 0.0630. The third-order valence-corrected chi connectivity index (χ3v) is 7.04. The number of anilines is 2. The van der Waals surface area contributed by atoms with E-state index in [1.54, 1.807) is 17.5 Å². The SMILES string of the molecule is CN(C)CCN1CCN(C(=O)c2ccc(Nc3nccc(-c4ccc(Br)s4)n3)cc2)CC1. The van der Waals surface area contributed by atoms with Crippen molar-refractivity contribution >= 4 is 44.8 Å². The van der Waals surface area contributed by atoms with Gasteiger partial charge in [-0.2, -0.15) is 0 Å². The van der Waals surface area contributed by atoms with E-state index in [4.69, 9.17) is 0 Å². The molecule has 0 unspecified atom stereocenters. The average Bonchev–Trinajstić information content (AvgIpc) is 3.25. The Balaban J connectivity index is 1.34. The Bertz CT molecular complexity index is 1050. The highest BCUT2D eigenvalue weighted by Crippen LogP contribution is 2.30. The van der Waals surface area contributed by atoms with Gasteiger partial charge in [-0.3, -0.25) is 9.69 Å². The van der Waals surface area contributed by atoms with E-state index < -0.39 is 0 Å². The standard InChI is InChI=1S/C23H27BrN6OS/c1-28(2)11-12-29-13-15-30(16-14-29)22(31)17-3-5-18(6-4-17)26-23-25-10-9-19(27-23)20-7-8-21(24)32-20/h3-10H,11-16H2,1-2H3,(H,25,26,27). The smallest absolute Gasteiger partial charge is 0.253 e. The Labute approximate surface area is 201 Å². The Morgan fingerprint density at radius 3 is 2.50 bits per heavy atom. The summed E-state index contributed by atoms with van der Waals surface area (Å²) < 4.78 is 1.07. The molecule has 4 rings (SSSR count). The number of thiophene rings is 1. The summed E-state index contributed by atoms with van der Waals surface area (Å²) in [6, 6.07) is 13.5. The monoisotopic (exact) mass is 514 g/mol. The van der Waals surface area contributed by atoms with Crippen LogP contribution in [-0.2, 0) is 0 Å². The molecule has 3 heterocycles. The summed E-state index contributed by atoms with van der Waals surface area (Å²) in [6.07, 6.45) is 1.74. The summed E-state index contributed by atoms with van der Waals surface area (Å²) in [4.78, 5) is 29.4. The first-order chi connectivity index (χ1) is 15.5. The number of hydrogen-bond acceptors (Lipinski definition) is 7. The molecule has 3 aromatic rings. The molecule has 7 nitrogen and oxygen atoms in total. The number of likely N-dealkylation sites (N-methyl/N-ethyl adjacent to an activating group) is 1. The summed E-state index contributed by atoms with van der Waals surface area (Å²) in [7, 11) is 4.17. The molecule has 32 heavy (non-hydrogen) atoms. The second-order valence-corrected chi connectivity index (χ2v) is 10.5. The highest BCUT2D eigenvalue weighted by molar-refractivity contribution is 9.11.